The number of benzene rings is 1. The van der Waals surface area contributed by atoms with Gasteiger partial charge in [0.05, 0.1) is 18.8 Å². The van der Waals surface area contributed by atoms with E-state index in [1.807, 2.05) is 10.7 Å². The normalized spacial score (nSPS) is 15.3. The summed E-state index contributed by atoms with van der Waals surface area (Å²) >= 11 is 0. The van der Waals surface area contributed by atoms with Gasteiger partial charge in [-0.1, -0.05) is 13.0 Å². The summed E-state index contributed by atoms with van der Waals surface area (Å²) in [5, 5.41) is 9.87. The van der Waals surface area contributed by atoms with Gasteiger partial charge in [0, 0.05) is 31.3 Å². The molecule has 4 rings (SSSR count). The lowest BCUT2D eigenvalue weighted by atomic mass is 10.1. The third kappa shape index (κ3) is 4.88. The smallest absolute Gasteiger partial charge is 0.324 e. The zero-order valence-electron chi connectivity index (χ0n) is 17.0. The topological polar surface area (TPSA) is 75.3 Å². The van der Waals surface area contributed by atoms with E-state index in [0.29, 0.717) is 11.5 Å². The Bertz CT molecular complexity index is 991. The second-order valence-corrected chi connectivity index (χ2v) is 7.48. The molecule has 0 atom stereocenters. The van der Waals surface area contributed by atoms with E-state index in [-0.39, 0.29) is 6.04 Å². The van der Waals surface area contributed by atoms with E-state index >= 15 is 0 Å². The van der Waals surface area contributed by atoms with E-state index < -0.39 is 11.8 Å². The highest BCUT2D eigenvalue weighted by Gasteiger charge is 2.24. The van der Waals surface area contributed by atoms with Crippen LogP contribution in [0.5, 0.6) is 0 Å². The standard InChI is InChI=1S/C22H26FN5O2/c1-2-19-6-7-20(30-19)15-27-12-9-18(10-13-27)28-21(8-11-24-28)26-22(29)25-17-5-3-4-16(23)14-17/h3-8,11,14,18H,2,9-10,12-13,15H2,1H3,(H2,25,26,29). The van der Waals surface area contributed by atoms with Crippen LogP contribution in [0.15, 0.2) is 53.1 Å². The van der Waals surface area contributed by atoms with Gasteiger partial charge in [0.1, 0.15) is 23.2 Å². The van der Waals surface area contributed by atoms with Crippen LogP contribution in [0.2, 0.25) is 0 Å². The highest BCUT2D eigenvalue weighted by molar-refractivity contribution is 5.99. The third-order valence-corrected chi connectivity index (χ3v) is 5.34. The molecule has 0 aliphatic carbocycles. The molecule has 0 radical (unpaired) electrons. The molecule has 1 aliphatic heterocycles. The summed E-state index contributed by atoms with van der Waals surface area (Å²) in [6, 6.07) is 11.4. The Balaban J connectivity index is 1.31. The van der Waals surface area contributed by atoms with Crippen molar-refractivity contribution in [2.24, 2.45) is 0 Å². The Labute approximate surface area is 174 Å². The number of likely N-dealkylation sites (tertiary alicyclic amines) is 1. The van der Waals surface area contributed by atoms with Crippen molar-refractivity contribution in [2.45, 2.75) is 38.8 Å². The van der Waals surface area contributed by atoms with Crippen LogP contribution in [-0.2, 0) is 13.0 Å². The number of aromatic nitrogens is 2. The average molecular weight is 411 g/mol. The quantitative estimate of drug-likeness (QED) is 0.619. The van der Waals surface area contributed by atoms with Gasteiger partial charge in [0.25, 0.3) is 0 Å². The van der Waals surface area contributed by atoms with Crippen LogP contribution in [-0.4, -0.2) is 33.8 Å². The third-order valence-electron chi connectivity index (χ3n) is 5.34. The number of urea groups is 1. The number of halogens is 1. The fourth-order valence-corrected chi connectivity index (χ4v) is 3.79. The predicted molar refractivity (Wildman–Crippen MR) is 113 cm³/mol. The Morgan fingerprint density at radius 1 is 1.17 bits per heavy atom. The molecule has 30 heavy (non-hydrogen) atoms. The first-order valence-electron chi connectivity index (χ1n) is 10.3. The maximum atomic E-state index is 13.3. The van der Waals surface area contributed by atoms with E-state index in [4.69, 9.17) is 4.42 Å². The van der Waals surface area contributed by atoms with E-state index in [1.54, 1.807) is 24.4 Å². The fraction of sp³-hybridized carbons (Fsp3) is 0.364. The van der Waals surface area contributed by atoms with Crippen molar-refractivity contribution in [3.63, 3.8) is 0 Å². The molecule has 0 saturated carbocycles. The van der Waals surface area contributed by atoms with E-state index in [9.17, 15) is 9.18 Å². The Morgan fingerprint density at radius 2 is 1.97 bits per heavy atom. The summed E-state index contributed by atoms with van der Waals surface area (Å²) in [6.45, 7) is 4.76. The Morgan fingerprint density at radius 3 is 2.70 bits per heavy atom. The number of hydrogen-bond acceptors (Lipinski definition) is 4. The van der Waals surface area contributed by atoms with Crippen LogP contribution >= 0.6 is 0 Å². The minimum Gasteiger partial charge on any atom is -0.465 e. The molecular formula is C22H26FN5O2. The van der Waals surface area contributed by atoms with Crippen molar-refractivity contribution in [1.82, 2.24) is 14.7 Å². The number of nitrogens with one attached hydrogen (secondary N) is 2. The maximum Gasteiger partial charge on any atom is 0.324 e. The summed E-state index contributed by atoms with van der Waals surface area (Å²) in [7, 11) is 0. The van der Waals surface area contributed by atoms with Crippen molar-refractivity contribution in [2.75, 3.05) is 23.7 Å². The molecule has 1 fully saturated rings. The number of hydrogen-bond donors (Lipinski definition) is 2. The van der Waals surface area contributed by atoms with Crippen molar-refractivity contribution >= 4 is 17.5 Å². The van der Waals surface area contributed by atoms with E-state index in [0.717, 1.165) is 50.4 Å². The highest BCUT2D eigenvalue weighted by Crippen LogP contribution is 2.26. The molecule has 1 aromatic carbocycles. The fourth-order valence-electron chi connectivity index (χ4n) is 3.79. The lowest BCUT2D eigenvalue weighted by Gasteiger charge is -2.32. The summed E-state index contributed by atoms with van der Waals surface area (Å²) in [5.74, 6) is 2.25. The van der Waals surface area contributed by atoms with Gasteiger partial charge in [-0.05, 0) is 43.2 Å². The largest absolute Gasteiger partial charge is 0.465 e. The zero-order chi connectivity index (χ0) is 20.9. The first kappa shape index (κ1) is 20.2. The monoisotopic (exact) mass is 411 g/mol. The number of aryl methyl sites for hydroxylation is 1. The van der Waals surface area contributed by atoms with Gasteiger partial charge >= 0.3 is 6.03 Å². The number of furan rings is 1. The van der Waals surface area contributed by atoms with Gasteiger partial charge in [-0.25, -0.2) is 13.9 Å². The molecule has 0 unspecified atom stereocenters. The molecule has 1 saturated heterocycles. The maximum absolute atomic E-state index is 13.3. The molecule has 3 heterocycles. The number of rotatable bonds is 6. The molecule has 8 heteroatoms. The number of carbonyl (C=O) groups is 1. The Kier molecular flexibility index (Phi) is 6.13. The molecule has 0 bridgehead atoms. The molecule has 1 aliphatic rings. The lowest BCUT2D eigenvalue weighted by Crippen LogP contribution is -2.35. The summed E-state index contributed by atoms with van der Waals surface area (Å²) < 4.78 is 21.0. The molecule has 7 nitrogen and oxygen atoms in total. The Hall–Kier alpha value is -3.13. The number of piperidine rings is 1. The van der Waals surface area contributed by atoms with Crippen molar-refractivity contribution in [3.8, 4) is 0 Å². The van der Waals surface area contributed by atoms with Crippen LogP contribution in [0.25, 0.3) is 0 Å². The molecule has 2 N–H and O–H groups in total. The van der Waals surface area contributed by atoms with Crippen LogP contribution in [0.3, 0.4) is 0 Å². The lowest BCUT2D eigenvalue weighted by molar-refractivity contribution is 0.163. The second-order valence-electron chi connectivity index (χ2n) is 7.48. The van der Waals surface area contributed by atoms with Crippen molar-refractivity contribution in [3.05, 3.63) is 66.0 Å². The van der Waals surface area contributed by atoms with Gasteiger partial charge in [0.15, 0.2) is 0 Å². The van der Waals surface area contributed by atoms with Crippen LogP contribution in [0.4, 0.5) is 20.7 Å². The van der Waals surface area contributed by atoms with Gasteiger partial charge in [-0.15, -0.1) is 0 Å². The van der Waals surface area contributed by atoms with Gasteiger partial charge in [-0.3, -0.25) is 10.2 Å². The van der Waals surface area contributed by atoms with Gasteiger partial charge in [0.2, 0.25) is 0 Å². The SMILES string of the molecule is CCc1ccc(CN2CCC(n3nccc3NC(=O)Nc3cccc(F)c3)CC2)o1. The van der Waals surface area contributed by atoms with Crippen LogP contribution < -0.4 is 10.6 Å². The van der Waals surface area contributed by atoms with Crippen molar-refractivity contribution in [1.29, 1.82) is 0 Å². The average Bonchev–Trinajstić information content (AvgIpc) is 3.38. The molecule has 0 spiro atoms. The first-order valence-corrected chi connectivity index (χ1v) is 10.3. The molecular weight excluding hydrogens is 385 g/mol. The minimum atomic E-state index is -0.427. The highest BCUT2D eigenvalue weighted by atomic mass is 19.1. The number of amides is 2. The van der Waals surface area contributed by atoms with Crippen molar-refractivity contribution < 1.29 is 13.6 Å². The van der Waals surface area contributed by atoms with Crippen LogP contribution in [0.1, 0.15) is 37.3 Å². The molecule has 2 aromatic heterocycles. The van der Waals surface area contributed by atoms with Gasteiger partial charge < -0.3 is 9.73 Å². The van der Waals surface area contributed by atoms with E-state index in [2.05, 4.69) is 33.6 Å². The first-order chi connectivity index (χ1) is 14.6. The number of nitrogens with zero attached hydrogens (tertiary/aromatic N) is 3. The van der Waals surface area contributed by atoms with E-state index in [1.165, 1.54) is 12.1 Å². The summed E-state index contributed by atoms with van der Waals surface area (Å²) in [5.41, 5.74) is 0.399. The van der Waals surface area contributed by atoms with Gasteiger partial charge in [-0.2, -0.15) is 5.10 Å². The number of anilines is 2. The van der Waals surface area contributed by atoms with Crippen LogP contribution in [0, 0.1) is 5.82 Å². The number of carbonyl (C=O) groups excluding carboxylic acids is 1. The summed E-state index contributed by atoms with van der Waals surface area (Å²) in [4.78, 5) is 14.7. The molecule has 2 amide bonds. The molecule has 158 valence electrons. The second kappa shape index (κ2) is 9.13. The molecule has 3 aromatic rings. The predicted octanol–water partition coefficient (Wildman–Crippen LogP) is 4.66. The minimum absolute atomic E-state index is 0.212. The summed E-state index contributed by atoms with van der Waals surface area (Å²) in [6.07, 6.45) is 4.45. The zero-order valence-corrected chi connectivity index (χ0v) is 17.0.